The van der Waals surface area contributed by atoms with Gasteiger partial charge in [0.1, 0.15) is 0 Å². The molecule has 0 unspecified atom stereocenters. The molecule has 5 heteroatoms. The van der Waals surface area contributed by atoms with Crippen molar-refractivity contribution >= 4 is 6.03 Å². The number of carbonyl (C=O) groups excluding carboxylic acids is 1. The van der Waals surface area contributed by atoms with Crippen molar-refractivity contribution in [2.24, 2.45) is 5.73 Å². The molecule has 0 saturated heterocycles. The highest BCUT2D eigenvalue weighted by Crippen LogP contribution is 2.04. The smallest absolute Gasteiger partial charge is 0.312 e. The van der Waals surface area contributed by atoms with Gasteiger partial charge in [0.15, 0.2) is 0 Å². The minimum Gasteiger partial charge on any atom is -0.352 e. The number of rotatable bonds is 7. The van der Waals surface area contributed by atoms with Gasteiger partial charge in [-0.1, -0.05) is 12.8 Å². The summed E-state index contributed by atoms with van der Waals surface area (Å²) in [5, 5.41) is 2.57. The Labute approximate surface area is 95.5 Å². The standard InChI is InChI=1S/C11H18N4O/c12-11(16)15-6-4-2-1-3-5-10-9-13-7-8-14-10/h7-9H,1-6H2,(H3,12,15,16). The Morgan fingerprint density at radius 2 is 2.06 bits per heavy atom. The highest BCUT2D eigenvalue weighted by molar-refractivity contribution is 5.71. The van der Waals surface area contributed by atoms with E-state index in [-0.39, 0.29) is 0 Å². The Hall–Kier alpha value is -1.65. The zero-order valence-electron chi connectivity index (χ0n) is 9.35. The molecule has 1 aromatic heterocycles. The molecule has 0 aliphatic carbocycles. The fourth-order valence-electron chi connectivity index (χ4n) is 1.46. The lowest BCUT2D eigenvalue weighted by molar-refractivity contribution is 0.248. The second kappa shape index (κ2) is 7.62. The van der Waals surface area contributed by atoms with Gasteiger partial charge in [0.05, 0.1) is 5.69 Å². The molecule has 1 rings (SSSR count). The van der Waals surface area contributed by atoms with Crippen LogP contribution >= 0.6 is 0 Å². The molecular weight excluding hydrogens is 204 g/mol. The Balaban J connectivity index is 1.94. The van der Waals surface area contributed by atoms with E-state index in [1.807, 2.05) is 0 Å². The number of hydrogen-bond acceptors (Lipinski definition) is 3. The third-order valence-corrected chi connectivity index (χ3v) is 2.28. The van der Waals surface area contributed by atoms with Gasteiger partial charge in [-0.15, -0.1) is 0 Å². The molecule has 1 heterocycles. The van der Waals surface area contributed by atoms with Gasteiger partial charge >= 0.3 is 6.03 Å². The quantitative estimate of drug-likeness (QED) is 0.681. The third kappa shape index (κ3) is 5.95. The molecule has 0 fully saturated rings. The van der Waals surface area contributed by atoms with Crippen LogP contribution in [0.15, 0.2) is 18.6 Å². The largest absolute Gasteiger partial charge is 0.352 e. The zero-order valence-corrected chi connectivity index (χ0v) is 9.35. The molecule has 2 amide bonds. The van der Waals surface area contributed by atoms with Gasteiger partial charge in [0.25, 0.3) is 0 Å². The Bertz CT molecular complexity index is 302. The number of urea groups is 1. The van der Waals surface area contributed by atoms with Gasteiger partial charge in [-0.2, -0.15) is 0 Å². The van der Waals surface area contributed by atoms with Gasteiger partial charge in [-0.25, -0.2) is 4.79 Å². The molecule has 0 atom stereocenters. The molecule has 5 nitrogen and oxygen atoms in total. The van der Waals surface area contributed by atoms with E-state index in [1.165, 1.54) is 0 Å². The molecule has 0 spiro atoms. The van der Waals surface area contributed by atoms with Crippen LogP contribution in [-0.2, 0) is 6.42 Å². The lowest BCUT2D eigenvalue weighted by Gasteiger charge is -2.02. The van der Waals surface area contributed by atoms with Crippen molar-refractivity contribution in [1.82, 2.24) is 15.3 Å². The molecule has 3 N–H and O–H groups in total. The summed E-state index contributed by atoms with van der Waals surface area (Å²) in [7, 11) is 0. The highest BCUT2D eigenvalue weighted by Gasteiger charge is 1.95. The minimum absolute atomic E-state index is 0.445. The van der Waals surface area contributed by atoms with Crippen LogP contribution < -0.4 is 11.1 Å². The van der Waals surface area contributed by atoms with Gasteiger partial charge < -0.3 is 11.1 Å². The fourth-order valence-corrected chi connectivity index (χ4v) is 1.46. The molecule has 0 aromatic carbocycles. The first-order valence-electron chi connectivity index (χ1n) is 5.57. The number of nitrogens with zero attached hydrogens (tertiary/aromatic N) is 2. The van der Waals surface area contributed by atoms with E-state index >= 15 is 0 Å². The molecule has 0 aliphatic rings. The van der Waals surface area contributed by atoms with Crippen LogP contribution in [0, 0.1) is 0 Å². The zero-order chi connectivity index (χ0) is 11.6. The predicted octanol–water partition coefficient (Wildman–Crippen LogP) is 1.25. The first-order chi connectivity index (χ1) is 7.79. The van der Waals surface area contributed by atoms with E-state index < -0.39 is 6.03 Å². The van der Waals surface area contributed by atoms with Gasteiger partial charge in [-0.05, 0) is 19.3 Å². The van der Waals surface area contributed by atoms with Gasteiger partial charge in [0.2, 0.25) is 0 Å². The Kier molecular flexibility index (Phi) is 5.91. The maximum atomic E-state index is 10.4. The average Bonchev–Trinajstić information content (AvgIpc) is 2.29. The second-order valence-electron chi connectivity index (χ2n) is 3.65. The molecule has 1 aromatic rings. The molecule has 0 aliphatic heterocycles. The van der Waals surface area contributed by atoms with Crippen molar-refractivity contribution in [1.29, 1.82) is 0 Å². The number of nitrogens with one attached hydrogen (secondary N) is 1. The number of carbonyl (C=O) groups is 1. The molecular formula is C11H18N4O. The Morgan fingerprint density at radius 3 is 2.75 bits per heavy atom. The summed E-state index contributed by atoms with van der Waals surface area (Å²) in [5.74, 6) is 0. The average molecular weight is 222 g/mol. The summed E-state index contributed by atoms with van der Waals surface area (Å²) in [6.07, 6.45) is 10.5. The summed E-state index contributed by atoms with van der Waals surface area (Å²) in [5.41, 5.74) is 5.98. The lowest BCUT2D eigenvalue weighted by Crippen LogP contribution is -2.29. The second-order valence-corrected chi connectivity index (χ2v) is 3.65. The van der Waals surface area contributed by atoms with Crippen molar-refractivity contribution in [2.75, 3.05) is 6.54 Å². The van der Waals surface area contributed by atoms with E-state index in [1.54, 1.807) is 18.6 Å². The maximum absolute atomic E-state index is 10.4. The van der Waals surface area contributed by atoms with Gasteiger partial charge in [-0.3, -0.25) is 9.97 Å². The Morgan fingerprint density at radius 1 is 1.25 bits per heavy atom. The number of unbranched alkanes of at least 4 members (excludes halogenated alkanes) is 3. The molecule has 0 bridgehead atoms. The monoisotopic (exact) mass is 222 g/mol. The van der Waals surface area contributed by atoms with E-state index in [0.29, 0.717) is 6.54 Å². The lowest BCUT2D eigenvalue weighted by atomic mass is 10.1. The van der Waals surface area contributed by atoms with Crippen LogP contribution in [0.25, 0.3) is 0 Å². The number of hydrogen-bond donors (Lipinski definition) is 2. The maximum Gasteiger partial charge on any atom is 0.312 e. The molecule has 0 radical (unpaired) electrons. The van der Waals surface area contributed by atoms with E-state index in [0.717, 1.165) is 37.8 Å². The van der Waals surface area contributed by atoms with Crippen molar-refractivity contribution in [3.63, 3.8) is 0 Å². The van der Waals surface area contributed by atoms with Crippen LogP contribution in [0.4, 0.5) is 4.79 Å². The molecule has 0 saturated carbocycles. The van der Waals surface area contributed by atoms with Crippen molar-refractivity contribution in [3.05, 3.63) is 24.3 Å². The summed E-state index contributed by atoms with van der Waals surface area (Å²) in [6.45, 7) is 0.667. The summed E-state index contributed by atoms with van der Waals surface area (Å²) in [4.78, 5) is 18.6. The first-order valence-corrected chi connectivity index (χ1v) is 5.57. The van der Waals surface area contributed by atoms with Crippen LogP contribution in [0.5, 0.6) is 0 Å². The third-order valence-electron chi connectivity index (χ3n) is 2.28. The number of aryl methyl sites for hydroxylation is 1. The number of aromatic nitrogens is 2. The number of amides is 2. The minimum atomic E-state index is -0.445. The summed E-state index contributed by atoms with van der Waals surface area (Å²) < 4.78 is 0. The van der Waals surface area contributed by atoms with Crippen LogP contribution in [-0.4, -0.2) is 22.5 Å². The molecule has 88 valence electrons. The SMILES string of the molecule is NC(=O)NCCCCCCc1cnccn1. The van der Waals surface area contributed by atoms with Crippen molar-refractivity contribution < 1.29 is 4.79 Å². The summed E-state index contributed by atoms with van der Waals surface area (Å²) in [6, 6.07) is -0.445. The predicted molar refractivity (Wildman–Crippen MR) is 61.8 cm³/mol. The normalized spacial score (nSPS) is 10.0. The van der Waals surface area contributed by atoms with E-state index in [2.05, 4.69) is 15.3 Å². The van der Waals surface area contributed by atoms with Crippen LogP contribution in [0.2, 0.25) is 0 Å². The highest BCUT2D eigenvalue weighted by atomic mass is 16.2. The number of primary amides is 1. The van der Waals surface area contributed by atoms with Crippen LogP contribution in [0.1, 0.15) is 31.4 Å². The first kappa shape index (κ1) is 12.4. The fraction of sp³-hybridized carbons (Fsp3) is 0.545. The summed E-state index contributed by atoms with van der Waals surface area (Å²) >= 11 is 0. The molecule has 16 heavy (non-hydrogen) atoms. The van der Waals surface area contributed by atoms with E-state index in [4.69, 9.17) is 5.73 Å². The van der Waals surface area contributed by atoms with E-state index in [9.17, 15) is 4.79 Å². The van der Waals surface area contributed by atoms with Gasteiger partial charge in [0, 0.05) is 25.1 Å². The number of nitrogens with two attached hydrogens (primary N) is 1. The van der Waals surface area contributed by atoms with Crippen LogP contribution in [0.3, 0.4) is 0 Å². The topological polar surface area (TPSA) is 80.9 Å². The van der Waals surface area contributed by atoms with Crippen molar-refractivity contribution in [2.45, 2.75) is 32.1 Å². The van der Waals surface area contributed by atoms with Crippen molar-refractivity contribution in [3.8, 4) is 0 Å².